The molecule has 2 heterocycles. The Hall–Kier alpha value is -3.46. The molecule has 1 saturated heterocycles. The van der Waals surface area contributed by atoms with Crippen LogP contribution in [0.3, 0.4) is 0 Å². The topological polar surface area (TPSA) is 140 Å². The molecule has 14 heteroatoms. The Morgan fingerprint density at radius 1 is 1.00 bits per heavy atom. The van der Waals surface area contributed by atoms with Crippen molar-refractivity contribution >= 4 is 26.0 Å². The largest absolute Gasteiger partial charge is 0.493 e. The lowest BCUT2D eigenvalue weighted by atomic mass is 10.1. The standard InChI is InChI=1S/C28H35N5O7S2/c1-31-25(17-24(30-31)21-9-10-21)28(34)29-18-22-5-4-6-26(27(22)39-2)40-19-20-7-11-23(12-8-20)42(37,38)33-15-13-32(14-16-33)41(3,35)36/h4-8,11-12,17,21H,9-10,13-16,18-19H2,1-3H3,(H,29,34). The molecule has 12 nitrogen and oxygen atoms in total. The summed E-state index contributed by atoms with van der Waals surface area (Å²) < 4.78 is 65.5. The van der Waals surface area contributed by atoms with Crippen molar-refractivity contribution in [2.45, 2.75) is 36.8 Å². The van der Waals surface area contributed by atoms with E-state index in [4.69, 9.17) is 9.47 Å². The maximum atomic E-state index is 13.1. The molecule has 1 aromatic heterocycles. The number of aromatic nitrogens is 2. The molecule has 3 aromatic rings. The summed E-state index contributed by atoms with van der Waals surface area (Å²) in [6.45, 7) is 0.839. The molecule has 0 unspecified atom stereocenters. The van der Waals surface area contributed by atoms with E-state index in [1.54, 1.807) is 29.9 Å². The van der Waals surface area contributed by atoms with E-state index in [9.17, 15) is 21.6 Å². The second-order valence-electron chi connectivity index (χ2n) is 10.5. The van der Waals surface area contributed by atoms with Crippen molar-refractivity contribution in [2.75, 3.05) is 39.5 Å². The van der Waals surface area contributed by atoms with Crippen LogP contribution in [0.4, 0.5) is 0 Å². The van der Waals surface area contributed by atoms with Crippen LogP contribution in [0.5, 0.6) is 11.5 Å². The lowest BCUT2D eigenvalue weighted by Gasteiger charge is -2.32. The first kappa shape index (κ1) is 30.0. The first-order valence-corrected chi connectivity index (χ1v) is 16.9. The maximum absolute atomic E-state index is 13.1. The van der Waals surface area contributed by atoms with E-state index >= 15 is 0 Å². The number of carbonyl (C=O) groups is 1. The van der Waals surface area contributed by atoms with Gasteiger partial charge in [0.15, 0.2) is 11.5 Å². The Kier molecular flexibility index (Phi) is 8.60. The van der Waals surface area contributed by atoms with E-state index in [-0.39, 0.29) is 50.1 Å². The lowest BCUT2D eigenvalue weighted by Crippen LogP contribution is -2.50. The molecular weight excluding hydrogens is 582 g/mol. The number of para-hydroxylation sites is 1. The predicted molar refractivity (Wildman–Crippen MR) is 155 cm³/mol. The number of hydrogen-bond acceptors (Lipinski definition) is 8. The number of nitrogens with zero attached hydrogens (tertiary/aromatic N) is 4. The molecule has 2 fully saturated rings. The Morgan fingerprint density at radius 3 is 2.29 bits per heavy atom. The summed E-state index contributed by atoms with van der Waals surface area (Å²) in [6.07, 6.45) is 3.34. The minimum absolute atomic E-state index is 0.0977. The molecule has 2 aliphatic rings. The number of benzene rings is 2. The zero-order valence-electron chi connectivity index (χ0n) is 23.8. The number of aryl methyl sites for hydroxylation is 1. The van der Waals surface area contributed by atoms with E-state index in [0.717, 1.165) is 35.9 Å². The molecule has 0 atom stereocenters. The third kappa shape index (κ3) is 6.61. The third-order valence-electron chi connectivity index (χ3n) is 7.45. The van der Waals surface area contributed by atoms with Crippen LogP contribution in [-0.4, -0.2) is 80.7 Å². The van der Waals surface area contributed by atoms with Crippen LogP contribution in [0, 0.1) is 0 Å². The molecule has 42 heavy (non-hydrogen) atoms. The van der Waals surface area contributed by atoms with Crippen molar-refractivity contribution in [3.63, 3.8) is 0 Å². The number of carbonyl (C=O) groups excluding carboxylic acids is 1. The summed E-state index contributed by atoms with van der Waals surface area (Å²) in [4.78, 5) is 13.0. The minimum atomic E-state index is -3.76. The highest BCUT2D eigenvalue weighted by molar-refractivity contribution is 7.89. The summed E-state index contributed by atoms with van der Waals surface area (Å²) in [6, 6.07) is 13.7. The van der Waals surface area contributed by atoms with Crippen molar-refractivity contribution in [2.24, 2.45) is 7.05 Å². The van der Waals surface area contributed by atoms with Crippen molar-refractivity contribution < 1.29 is 31.1 Å². The molecule has 1 N–H and O–H groups in total. The van der Waals surface area contributed by atoms with Gasteiger partial charge in [-0.25, -0.2) is 16.8 Å². The second-order valence-corrected chi connectivity index (χ2v) is 14.4. The lowest BCUT2D eigenvalue weighted by molar-refractivity contribution is 0.0941. The van der Waals surface area contributed by atoms with Crippen molar-refractivity contribution in [3.8, 4) is 11.5 Å². The minimum Gasteiger partial charge on any atom is -0.493 e. The van der Waals surface area contributed by atoms with Gasteiger partial charge in [-0.3, -0.25) is 9.48 Å². The van der Waals surface area contributed by atoms with E-state index in [0.29, 0.717) is 23.1 Å². The van der Waals surface area contributed by atoms with Crippen LogP contribution >= 0.6 is 0 Å². The molecule has 0 radical (unpaired) electrons. The zero-order valence-corrected chi connectivity index (χ0v) is 25.4. The van der Waals surface area contributed by atoms with E-state index in [2.05, 4.69) is 10.4 Å². The normalized spacial score (nSPS) is 16.7. The van der Waals surface area contributed by atoms with Gasteiger partial charge in [0.1, 0.15) is 12.3 Å². The fourth-order valence-corrected chi connectivity index (χ4v) is 7.15. The van der Waals surface area contributed by atoms with Crippen molar-refractivity contribution in [3.05, 3.63) is 71.0 Å². The molecular formula is C28H35N5O7S2. The Balaban J connectivity index is 1.19. The van der Waals surface area contributed by atoms with Crippen LogP contribution in [0.15, 0.2) is 53.4 Å². The van der Waals surface area contributed by atoms with Crippen molar-refractivity contribution in [1.29, 1.82) is 0 Å². The quantitative estimate of drug-likeness (QED) is 0.345. The van der Waals surface area contributed by atoms with Gasteiger partial charge < -0.3 is 14.8 Å². The molecule has 0 bridgehead atoms. The van der Waals surface area contributed by atoms with Crippen LogP contribution in [0.2, 0.25) is 0 Å². The van der Waals surface area contributed by atoms with E-state index in [1.165, 1.54) is 27.9 Å². The van der Waals surface area contributed by atoms with Gasteiger partial charge in [0.25, 0.3) is 5.91 Å². The number of sulfonamides is 2. The monoisotopic (exact) mass is 617 g/mol. The van der Waals surface area contributed by atoms with Crippen LogP contribution in [0.1, 0.15) is 46.1 Å². The highest BCUT2D eigenvalue weighted by Gasteiger charge is 2.31. The van der Waals surface area contributed by atoms with Crippen LogP contribution in [0.25, 0.3) is 0 Å². The fourth-order valence-electron chi connectivity index (χ4n) is 4.90. The first-order chi connectivity index (χ1) is 20.0. The average molecular weight is 618 g/mol. The summed E-state index contributed by atoms with van der Waals surface area (Å²) in [5.41, 5.74) is 2.95. The summed E-state index contributed by atoms with van der Waals surface area (Å²) in [5, 5.41) is 7.39. The summed E-state index contributed by atoms with van der Waals surface area (Å²) in [7, 11) is -3.81. The van der Waals surface area contributed by atoms with Gasteiger partial charge in [0, 0.05) is 51.3 Å². The number of piperazine rings is 1. The van der Waals surface area contributed by atoms with Gasteiger partial charge in [-0.1, -0.05) is 24.3 Å². The summed E-state index contributed by atoms with van der Waals surface area (Å²) >= 11 is 0. The number of nitrogens with one attached hydrogen (secondary N) is 1. The van der Waals surface area contributed by atoms with Gasteiger partial charge in [0.2, 0.25) is 20.0 Å². The smallest absolute Gasteiger partial charge is 0.269 e. The Labute approximate surface area is 246 Å². The van der Waals surface area contributed by atoms with Crippen LogP contribution < -0.4 is 14.8 Å². The van der Waals surface area contributed by atoms with Gasteiger partial charge >= 0.3 is 0 Å². The number of hydrogen-bond donors (Lipinski definition) is 1. The number of rotatable bonds is 11. The Bertz CT molecular complexity index is 1660. The molecule has 2 aromatic carbocycles. The van der Waals surface area contributed by atoms with E-state index in [1.807, 2.05) is 18.2 Å². The fraction of sp³-hybridized carbons (Fsp3) is 0.429. The average Bonchev–Trinajstić information content (AvgIpc) is 3.75. The number of amides is 1. The van der Waals surface area contributed by atoms with Gasteiger partial charge in [-0.15, -0.1) is 0 Å². The summed E-state index contributed by atoms with van der Waals surface area (Å²) in [5.74, 6) is 1.21. The SMILES string of the molecule is COc1c(CNC(=O)c2cc(C3CC3)nn2C)cccc1OCc1ccc(S(=O)(=O)N2CCN(S(C)(=O)=O)CC2)cc1. The molecule has 1 saturated carbocycles. The van der Waals surface area contributed by atoms with Gasteiger partial charge in [-0.05, 0) is 42.7 Å². The highest BCUT2D eigenvalue weighted by atomic mass is 32.2. The highest BCUT2D eigenvalue weighted by Crippen LogP contribution is 2.39. The second kappa shape index (κ2) is 12.0. The molecule has 1 aliphatic carbocycles. The molecule has 5 rings (SSSR count). The molecule has 0 spiro atoms. The predicted octanol–water partition coefficient (Wildman–Crippen LogP) is 2.08. The van der Waals surface area contributed by atoms with Crippen molar-refractivity contribution in [1.82, 2.24) is 23.7 Å². The zero-order chi connectivity index (χ0) is 30.1. The number of methoxy groups -OCH3 is 1. The Morgan fingerprint density at radius 2 is 1.67 bits per heavy atom. The molecule has 1 aliphatic heterocycles. The maximum Gasteiger partial charge on any atom is 0.269 e. The van der Waals surface area contributed by atoms with Gasteiger partial charge in [-0.2, -0.15) is 13.7 Å². The molecule has 226 valence electrons. The number of ether oxygens (including phenoxy) is 2. The third-order valence-corrected chi connectivity index (χ3v) is 10.7. The van der Waals surface area contributed by atoms with Gasteiger partial charge in [0.05, 0.1) is 24.0 Å². The van der Waals surface area contributed by atoms with E-state index < -0.39 is 20.0 Å². The molecule has 1 amide bonds. The van der Waals surface area contributed by atoms with Crippen LogP contribution in [-0.2, 0) is 40.2 Å². The first-order valence-electron chi connectivity index (χ1n) is 13.6.